The van der Waals surface area contributed by atoms with Crippen LogP contribution in [0.5, 0.6) is 5.75 Å². The Balaban J connectivity index is 2.08. The van der Waals surface area contributed by atoms with Crippen LogP contribution in [0.3, 0.4) is 0 Å². The van der Waals surface area contributed by atoms with Gasteiger partial charge < -0.3 is 4.74 Å². The van der Waals surface area contributed by atoms with Gasteiger partial charge in [-0.05, 0) is 30.5 Å². The lowest BCUT2D eigenvalue weighted by Gasteiger charge is -2.33. The summed E-state index contributed by atoms with van der Waals surface area (Å²) >= 11 is 0. The van der Waals surface area contributed by atoms with Crippen molar-refractivity contribution in [1.82, 2.24) is 8.61 Å². The van der Waals surface area contributed by atoms with E-state index < -0.39 is 16.0 Å². The summed E-state index contributed by atoms with van der Waals surface area (Å²) in [6.45, 7) is 0.125. The number of hydrogen-bond acceptors (Lipinski definition) is 3. The normalized spacial score (nSPS) is 17.0. The standard InChI is InChI=1S/C16H25FN2O3S/c1-18(12-13-9-10-16(22-3)15(17)11-13)23(20,21)19(2)14-7-5-4-6-8-14/h9-11,14H,4-8,12H2,1-3H3. The van der Waals surface area contributed by atoms with Gasteiger partial charge >= 0.3 is 0 Å². The predicted molar refractivity (Wildman–Crippen MR) is 88.0 cm³/mol. The Morgan fingerprint density at radius 1 is 1.22 bits per heavy atom. The van der Waals surface area contributed by atoms with Gasteiger partial charge in [0.1, 0.15) is 0 Å². The van der Waals surface area contributed by atoms with Crippen molar-refractivity contribution in [2.75, 3.05) is 21.2 Å². The molecule has 0 heterocycles. The van der Waals surface area contributed by atoms with Gasteiger partial charge in [0.2, 0.25) is 0 Å². The van der Waals surface area contributed by atoms with Crippen LogP contribution in [-0.2, 0) is 16.8 Å². The van der Waals surface area contributed by atoms with Gasteiger partial charge in [0, 0.05) is 26.7 Å². The number of benzene rings is 1. The van der Waals surface area contributed by atoms with Gasteiger partial charge in [-0.2, -0.15) is 17.0 Å². The number of ether oxygens (including phenoxy) is 1. The summed E-state index contributed by atoms with van der Waals surface area (Å²) in [6.07, 6.45) is 5.11. The van der Waals surface area contributed by atoms with Gasteiger partial charge in [0.05, 0.1) is 7.11 Å². The van der Waals surface area contributed by atoms with Crippen molar-refractivity contribution >= 4 is 10.2 Å². The summed E-state index contributed by atoms with van der Waals surface area (Å²) in [5.41, 5.74) is 0.589. The average Bonchev–Trinajstić information content (AvgIpc) is 2.55. The third-order valence-corrected chi connectivity index (χ3v) is 6.41. The quantitative estimate of drug-likeness (QED) is 0.797. The molecule has 0 bridgehead atoms. The molecule has 1 aliphatic carbocycles. The van der Waals surface area contributed by atoms with E-state index in [0.29, 0.717) is 5.56 Å². The molecule has 0 radical (unpaired) electrons. The molecule has 0 saturated heterocycles. The number of rotatable bonds is 6. The van der Waals surface area contributed by atoms with Gasteiger partial charge in [-0.15, -0.1) is 0 Å². The van der Waals surface area contributed by atoms with Crippen LogP contribution >= 0.6 is 0 Å². The fraction of sp³-hybridized carbons (Fsp3) is 0.625. The van der Waals surface area contributed by atoms with Crippen LogP contribution in [-0.4, -0.2) is 44.3 Å². The lowest BCUT2D eigenvalue weighted by atomic mass is 9.96. The molecule has 7 heteroatoms. The molecule has 0 amide bonds. The van der Waals surface area contributed by atoms with Crippen LogP contribution in [0.2, 0.25) is 0 Å². The minimum absolute atomic E-state index is 0.0591. The van der Waals surface area contributed by atoms with Gasteiger partial charge in [0.25, 0.3) is 10.2 Å². The summed E-state index contributed by atoms with van der Waals surface area (Å²) in [7, 11) is 1.00. The maximum Gasteiger partial charge on any atom is 0.282 e. The first kappa shape index (κ1) is 18.2. The molecule has 1 aromatic rings. The second-order valence-electron chi connectivity index (χ2n) is 6.04. The summed E-state index contributed by atoms with van der Waals surface area (Å²) < 4.78 is 46.7. The number of halogens is 1. The van der Waals surface area contributed by atoms with E-state index >= 15 is 0 Å². The Kier molecular flexibility index (Phi) is 6.00. The van der Waals surface area contributed by atoms with Crippen molar-refractivity contribution in [2.45, 2.75) is 44.7 Å². The molecule has 23 heavy (non-hydrogen) atoms. The van der Waals surface area contributed by atoms with Crippen molar-refractivity contribution in [3.63, 3.8) is 0 Å². The molecule has 0 aromatic heterocycles. The van der Waals surface area contributed by atoms with E-state index in [1.165, 1.54) is 41.3 Å². The molecule has 1 aromatic carbocycles. The number of methoxy groups -OCH3 is 1. The molecule has 1 fully saturated rings. The van der Waals surface area contributed by atoms with Crippen LogP contribution < -0.4 is 4.74 Å². The maximum absolute atomic E-state index is 13.7. The largest absolute Gasteiger partial charge is 0.494 e. The molecule has 1 saturated carbocycles. The molecule has 0 atom stereocenters. The van der Waals surface area contributed by atoms with Crippen molar-refractivity contribution in [2.24, 2.45) is 0 Å². The first-order valence-corrected chi connectivity index (χ1v) is 9.27. The highest BCUT2D eigenvalue weighted by atomic mass is 32.2. The first-order valence-electron chi connectivity index (χ1n) is 7.88. The van der Waals surface area contributed by atoms with E-state index in [4.69, 9.17) is 4.74 Å². The van der Waals surface area contributed by atoms with E-state index in [1.54, 1.807) is 13.1 Å². The Morgan fingerprint density at radius 2 is 1.87 bits per heavy atom. The zero-order valence-electron chi connectivity index (χ0n) is 14.0. The van der Waals surface area contributed by atoms with E-state index in [9.17, 15) is 12.8 Å². The van der Waals surface area contributed by atoms with Gasteiger partial charge in [0.15, 0.2) is 11.6 Å². The number of hydrogen-bond donors (Lipinski definition) is 0. The molecule has 0 aliphatic heterocycles. The fourth-order valence-corrected chi connectivity index (χ4v) is 4.34. The third kappa shape index (κ3) is 4.22. The molecule has 5 nitrogen and oxygen atoms in total. The Hall–Kier alpha value is -1.18. The van der Waals surface area contributed by atoms with Crippen LogP contribution in [0.25, 0.3) is 0 Å². The maximum atomic E-state index is 13.7. The molecular formula is C16H25FN2O3S. The minimum atomic E-state index is -3.55. The molecule has 0 unspecified atom stereocenters. The van der Waals surface area contributed by atoms with E-state index in [0.717, 1.165) is 25.7 Å². The van der Waals surface area contributed by atoms with Crippen molar-refractivity contribution in [3.05, 3.63) is 29.6 Å². The second kappa shape index (κ2) is 7.59. The fourth-order valence-electron chi connectivity index (χ4n) is 3.00. The summed E-state index contributed by atoms with van der Waals surface area (Å²) in [5, 5.41) is 0. The van der Waals surface area contributed by atoms with Crippen LogP contribution in [0.1, 0.15) is 37.7 Å². The second-order valence-corrected chi connectivity index (χ2v) is 8.14. The highest BCUT2D eigenvalue weighted by Gasteiger charge is 2.30. The van der Waals surface area contributed by atoms with Crippen molar-refractivity contribution < 1.29 is 17.5 Å². The highest BCUT2D eigenvalue weighted by molar-refractivity contribution is 7.86. The van der Waals surface area contributed by atoms with Gasteiger partial charge in [-0.25, -0.2) is 4.39 Å². The SMILES string of the molecule is COc1ccc(CN(C)S(=O)(=O)N(C)C2CCCCC2)cc1F. The van der Waals surface area contributed by atoms with E-state index in [-0.39, 0.29) is 18.3 Å². The monoisotopic (exact) mass is 344 g/mol. The Bertz CT molecular complexity index is 630. The molecular weight excluding hydrogens is 319 g/mol. The lowest BCUT2D eigenvalue weighted by molar-refractivity contribution is 0.268. The molecule has 0 N–H and O–H groups in total. The van der Waals surface area contributed by atoms with Gasteiger partial charge in [-0.3, -0.25) is 0 Å². The Morgan fingerprint density at radius 3 is 2.43 bits per heavy atom. The summed E-state index contributed by atoms with van der Waals surface area (Å²) in [4.78, 5) is 0. The zero-order chi connectivity index (χ0) is 17.0. The van der Waals surface area contributed by atoms with Gasteiger partial charge in [-0.1, -0.05) is 25.3 Å². The topological polar surface area (TPSA) is 49.9 Å². The third-order valence-electron chi connectivity index (χ3n) is 4.47. The molecule has 130 valence electrons. The highest BCUT2D eigenvalue weighted by Crippen LogP contribution is 2.25. The van der Waals surface area contributed by atoms with E-state index in [2.05, 4.69) is 0 Å². The van der Waals surface area contributed by atoms with Crippen LogP contribution in [0.4, 0.5) is 4.39 Å². The minimum Gasteiger partial charge on any atom is -0.494 e. The molecule has 2 rings (SSSR count). The predicted octanol–water partition coefficient (Wildman–Crippen LogP) is 2.78. The Labute approximate surface area is 138 Å². The lowest BCUT2D eigenvalue weighted by Crippen LogP contribution is -2.45. The number of nitrogens with zero attached hydrogens (tertiary/aromatic N) is 2. The van der Waals surface area contributed by atoms with Crippen molar-refractivity contribution in [1.29, 1.82) is 0 Å². The molecule has 0 spiro atoms. The van der Waals surface area contributed by atoms with E-state index in [1.807, 2.05) is 0 Å². The van der Waals surface area contributed by atoms with Crippen LogP contribution in [0.15, 0.2) is 18.2 Å². The van der Waals surface area contributed by atoms with Crippen LogP contribution in [0, 0.1) is 5.82 Å². The molecule has 1 aliphatic rings. The summed E-state index contributed by atoms with van der Waals surface area (Å²) in [5.74, 6) is -0.338. The smallest absolute Gasteiger partial charge is 0.282 e. The first-order chi connectivity index (χ1) is 10.9. The average molecular weight is 344 g/mol. The van der Waals surface area contributed by atoms with Crippen molar-refractivity contribution in [3.8, 4) is 5.75 Å². The summed E-state index contributed by atoms with van der Waals surface area (Å²) in [6, 6.07) is 4.56. The zero-order valence-corrected chi connectivity index (χ0v) is 14.8.